The fourth-order valence-electron chi connectivity index (χ4n) is 1.88. The molecule has 0 amide bonds. The molecule has 2 aromatic rings. The molecule has 0 aliphatic rings. The van der Waals surface area contributed by atoms with Crippen molar-refractivity contribution in [1.29, 1.82) is 5.26 Å². The van der Waals surface area contributed by atoms with Gasteiger partial charge in [0.1, 0.15) is 6.07 Å². The van der Waals surface area contributed by atoms with Crippen molar-refractivity contribution in [3.8, 4) is 6.07 Å². The SMILES string of the molecule is CN(C)c1nc(N)nc(/C(C#N)=C\c2ccccc2C(F)(F)F)n1. The Balaban J connectivity index is 2.59. The minimum absolute atomic E-state index is 0.0920. The van der Waals surface area contributed by atoms with Crippen LogP contribution in [0.15, 0.2) is 24.3 Å². The fraction of sp³-hybridized carbons (Fsp3) is 0.200. The van der Waals surface area contributed by atoms with E-state index >= 15 is 0 Å². The van der Waals surface area contributed by atoms with Crippen molar-refractivity contribution >= 4 is 23.5 Å². The zero-order valence-corrected chi connectivity index (χ0v) is 12.8. The first kappa shape index (κ1) is 17.2. The summed E-state index contributed by atoms with van der Waals surface area (Å²) in [5.74, 6) is -0.0256. The summed E-state index contributed by atoms with van der Waals surface area (Å²) in [6.45, 7) is 0. The quantitative estimate of drug-likeness (QED) is 0.868. The van der Waals surface area contributed by atoms with E-state index in [4.69, 9.17) is 5.73 Å². The molecule has 0 saturated heterocycles. The molecule has 1 aromatic carbocycles. The van der Waals surface area contributed by atoms with Gasteiger partial charge in [0.25, 0.3) is 0 Å². The Morgan fingerprint density at radius 1 is 1.21 bits per heavy atom. The lowest BCUT2D eigenvalue weighted by Crippen LogP contribution is -2.16. The number of aromatic nitrogens is 3. The molecule has 2 rings (SSSR count). The Bertz CT molecular complexity index is 821. The summed E-state index contributed by atoms with van der Waals surface area (Å²) in [4.78, 5) is 13.3. The maximum Gasteiger partial charge on any atom is 0.416 e. The molecule has 0 saturated carbocycles. The van der Waals surface area contributed by atoms with Gasteiger partial charge in [0.15, 0.2) is 5.82 Å². The Hall–Kier alpha value is -3.15. The summed E-state index contributed by atoms with van der Waals surface area (Å²) >= 11 is 0. The van der Waals surface area contributed by atoms with Crippen LogP contribution in [-0.2, 0) is 6.18 Å². The maximum absolute atomic E-state index is 13.1. The van der Waals surface area contributed by atoms with Crippen molar-refractivity contribution in [3.63, 3.8) is 0 Å². The zero-order valence-electron chi connectivity index (χ0n) is 12.8. The van der Waals surface area contributed by atoms with E-state index in [0.717, 1.165) is 12.1 Å². The number of nitriles is 1. The van der Waals surface area contributed by atoms with Crippen LogP contribution in [0.5, 0.6) is 0 Å². The number of benzene rings is 1. The number of halogens is 3. The van der Waals surface area contributed by atoms with Crippen LogP contribution in [0, 0.1) is 11.3 Å². The molecule has 0 bridgehead atoms. The van der Waals surface area contributed by atoms with E-state index in [0.29, 0.717) is 0 Å². The van der Waals surface area contributed by atoms with Gasteiger partial charge in [-0.05, 0) is 17.7 Å². The average molecular weight is 334 g/mol. The molecule has 2 N–H and O–H groups in total. The number of anilines is 2. The molecular weight excluding hydrogens is 321 g/mol. The molecule has 24 heavy (non-hydrogen) atoms. The van der Waals surface area contributed by atoms with E-state index in [9.17, 15) is 18.4 Å². The van der Waals surface area contributed by atoms with Gasteiger partial charge in [0.2, 0.25) is 11.9 Å². The summed E-state index contributed by atoms with van der Waals surface area (Å²) in [5.41, 5.74) is 4.41. The van der Waals surface area contributed by atoms with Crippen LogP contribution >= 0.6 is 0 Å². The van der Waals surface area contributed by atoms with Crippen LogP contribution in [0.3, 0.4) is 0 Å². The Morgan fingerprint density at radius 2 is 1.88 bits per heavy atom. The van der Waals surface area contributed by atoms with Gasteiger partial charge in [-0.3, -0.25) is 0 Å². The molecule has 0 aliphatic heterocycles. The monoisotopic (exact) mass is 334 g/mol. The summed E-state index contributed by atoms with van der Waals surface area (Å²) in [5, 5.41) is 9.30. The molecule has 0 spiro atoms. The molecule has 0 radical (unpaired) electrons. The molecule has 1 heterocycles. The Kier molecular flexibility index (Phi) is 4.69. The Labute approximate surface area is 136 Å². The lowest BCUT2D eigenvalue weighted by Gasteiger charge is -2.12. The average Bonchev–Trinajstić information content (AvgIpc) is 2.51. The molecule has 9 heteroatoms. The molecule has 0 fully saturated rings. The highest BCUT2D eigenvalue weighted by molar-refractivity contribution is 5.88. The summed E-state index contributed by atoms with van der Waals surface area (Å²) < 4.78 is 39.2. The molecule has 0 unspecified atom stereocenters. The van der Waals surface area contributed by atoms with Crippen LogP contribution in [-0.4, -0.2) is 29.0 Å². The third kappa shape index (κ3) is 3.78. The number of hydrogen-bond acceptors (Lipinski definition) is 6. The molecular formula is C15H13F3N6. The summed E-state index contributed by atoms with van der Waals surface area (Å²) in [7, 11) is 3.32. The molecule has 1 aromatic heterocycles. The normalized spacial score (nSPS) is 11.9. The van der Waals surface area contributed by atoms with Crippen LogP contribution in [0.4, 0.5) is 25.1 Å². The molecule has 0 atom stereocenters. The van der Waals surface area contributed by atoms with Gasteiger partial charge >= 0.3 is 6.18 Å². The predicted octanol–water partition coefficient (Wildman–Crippen LogP) is 2.60. The van der Waals surface area contributed by atoms with E-state index in [2.05, 4.69) is 15.0 Å². The van der Waals surface area contributed by atoms with Crippen molar-refractivity contribution in [3.05, 3.63) is 41.2 Å². The second kappa shape index (κ2) is 6.54. The van der Waals surface area contributed by atoms with Gasteiger partial charge in [-0.25, -0.2) is 0 Å². The number of hydrogen-bond donors (Lipinski definition) is 1. The predicted molar refractivity (Wildman–Crippen MR) is 83.5 cm³/mol. The number of nitrogen functional groups attached to an aromatic ring is 1. The molecule has 0 aliphatic carbocycles. The van der Waals surface area contributed by atoms with Crippen molar-refractivity contribution in [2.24, 2.45) is 0 Å². The van der Waals surface area contributed by atoms with Gasteiger partial charge in [-0.2, -0.15) is 33.4 Å². The smallest absolute Gasteiger partial charge is 0.368 e. The van der Waals surface area contributed by atoms with E-state index in [1.165, 1.54) is 18.2 Å². The van der Waals surface area contributed by atoms with Crippen molar-refractivity contribution in [2.75, 3.05) is 24.7 Å². The highest BCUT2D eigenvalue weighted by Crippen LogP contribution is 2.33. The first-order valence-electron chi connectivity index (χ1n) is 6.69. The standard InChI is InChI=1S/C15H13F3N6/c1-24(2)14-22-12(21-13(20)23-14)10(8-19)7-9-5-3-4-6-11(9)15(16,17)18/h3-7H,1-2H3,(H2,20,21,22,23)/b10-7-. The number of allylic oxidation sites excluding steroid dienone is 1. The third-order valence-electron chi connectivity index (χ3n) is 2.97. The van der Waals surface area contributed by atoms with Gasteiger partial charge in [-0.15, -0.1) is 0 Å². The van der Waals surface area contributed by atoms with E-state index in [-0.39, 0.29) is 28.9 Å². The topological polar surface area (TPSA) is 91.7 Å². The number of rotatable bonds is 3. The van der Waals surface area contributed by atoms with Crippen molar-refractivity contribution in [1.82, 2.24) is 15.0 Å². The second-order valence-electron chi connectivity index (χ2n) is 4.97. The van der Waals surface area contributed by atoms with Gasteiger partial charge in [0.05, 0.1) is 11.1 Å². The highest BCUT2D eigenvalue weighted by Gasteiger charge is 2.32. The fourth-order valence-corrected chi connectivity index (χ4v) is 1.88. The minimum atomic E-state index is -4.54. The lowest BCUT2D eigenvalue weighted by atomic mass is 10.0. The van der Waals surface area contributed by atoms with E-state index < -0.39 is 11.7 Å². The number of nitrogens with zero attached hydrogens (tertiary/aromatic N) is 5. The molecule has 6 nitrogen and oxygen atoms in total. The van der Waals surface area contributed by atoms with Gasteiger partial charge in [0, 0.05) is 14.1 Å². The van der Waals surface area contributed by atoms with Crippen LogP contribution in [0.25, 0.3) is 11.6 Å². The Morgan fingerprint density at radius 3 is 2.46 bits per heavy atom. The molecule has 124 valence electrons. The van der Waals surface area contributed by atoms with Gasteiger partial charge < -0.3 is 10.6 Å². The first-order chi connectivity index (χ1) is 11.2. The maximum atomic E-state index is 13.1. The summed E-state index contributed by atoms with van der Waals surface area (Å²) in [6, 6.07) is 6.73. The number of alkyl halides is 3. The zero-order chi connectivity index (χ0) is 17.9. The van der Waals surface area contributed by atoms with Crippen LogP contribution in [0.2, 0.25) is 0 Å². The van der Waals surface area contributed by atoms with Crippen molar-refractivity contribution in [2.45, 2.75) is 6.18 Å². The highest BCUT2D eigenvalue weighted by atomic mass is 19.4. The van der Waals surface area contributed by atoms with Crippen LogP contribution in [0.1, 0.15) is 17.0 Å². The van der Waals surface area contributed by atoms with Crippen molar-refractivity contribution < 1.29 is 13.2 Å². The van der Waals surface area contributed by atoms with E-state index in [1.807, 2.05) is 0 Å². The number of nitrogens with two attached hydrogens (primary N) is 1. The lowest BCUT2D eigenvalue weighted by molar-refractivity contribution is -0.137. The van der Waals surface area contributed by atoms with Gasteiger partial charge in [-0.1, -0.05) is 18.2 Å². The largest absolute Gasteiger partial charge is 0.416 e. The van der Waals surface area contributed by atoms with Crippen LogP contribution < -0.4 is 10.6 Å². The van der Waals surface area contributed by atoms with E-state index in [1.54, 1.807) is 25.1 Å². The first-order valence-corrected chi connectivity index (χ1v) is 6.69. The third-order valence-corrected chi connectivity index (χ3v) is 2.97. The summed E-state index contributed by atoms with van der Waals surface area (Å²) in [6.07, 6.45) is -3.46. The minimum Gasteiger partial charge on any atom is -0.368 e. The second-order valence-corrected chi connectivity index (χ2v) is 4.97.